The molecule has 0 unspecified atom stereocenters. The largest absolute Gasteiger partial charge is 0.333 e. The van der Waals surface area contributed by atoms with Crippen LogP contribution in [0.4, 0.5) is 11.4 Å². The number of hydrogen-bond donors (Lipinski definition) is 2. The lowest BCUT2D eigenvalue weighted by molar-refractivity contribution is -0.145. The zero-order chi connectivity index (χ0) is 19.0. The first-order valence-corrected chi connectivity index (χ1v) is 9.07. The van der Waals surface area contributed by atoms with Gasteiger partial charge in [0.1, 0.15) is 0 Å². The highest BCUT2D eigenvalue weighted by Crippen LogP contribution is 2.43. The number of aryl methyl sites for hydroxylation is 1. The maximum atomic E-state index is 12.7. The third kappa shape index (κ3) is 2.97. The molecule has 3 amide bonds. The Labute approximate surface area is 157 Å². The predicted octanol–water partition coefficient (Wildman–Crippen LogP) is 2.45. The Morgan fingerprint density at radius 1 is 1.11 bits per heavy atom. The summed E-state index contributed by atoms with van der Waals surface area (Å²) in [6, 6.07) is 14.8. The summed E-state index contributed by atoms with van der Waals surface area (Å²) in [5.74, 6) is -1.38. The van der Waals surface area contributed by atoms with Crippen LogP contribution in [0.2, 0.25) is 0 Å². The summed E-state index contributed by atoms with van der Waals surface area (Å²) >= 11 is 0. The van der Waals surface area contributed by atoms with E-state index in [1.165, 1.54) is 4.90 Å². The van der Waals surface area contributed by atoms with Crippen LogP contribution in [-0.4, -0.2) is 35.7 Å². The summed E-state index contributed by atoms with van der Waals surface area (Å²) in [6.07, 6.45) is 1.34. The molecule has 1 fully saturated rings. The molecule has 27 heavy (non-hydrogen) atoms. The van der Waals surface area contributed by atoms with Crippen LogP contribution in [0.5, 0.6) is 0 Å². The first kappa shape index (κ1) is 17.3. The van der Waals surface area contributed by atoms with Crippen LogP contribution >= 0.6 is 0 Å². The summed E-state index contributed by atoms with van der Waals surface area (Å²) in [5.41, 5.74) is 2.58. The van der Waals surface area contributed by atoms with Gasteiger partial charge in [0.2, 0.25) is 5.91 Å². The second kappa shape index (κ2) is 6.54. The van der Waals surface area contributed by atoms with Crippen LogP contribution in [0.25, 0.3) is 0 Å². The topological polar surface area (TPSA) is 78.5 Å². The number of carbonyl (C=O) groups is 3. The number of para-hydroxylation sites is 1. The molecule has 0 aliphatic carbocycles. The number of fused-ring (bicyclic) bond motifs is 2. The number of carbonyl (C=O) groups excluding carboxylic acids is 3. The van der Waals surface area contributed by atoms with Crippen molar-refractivity contribution >= 4 is 29.1 Å². The highest BCUT2D eigenvalue weighted by Gasteiger charge is 2.50. The third-order valence-corrected chi connectivity index (χ3v) is 5.41. The number of nitrogens with one attached hydrogen (secondary N) is 2. The van der Waals surface area contributed by atoms with Crippen molar-refractivity contribution < 1.29 is 14.4 Å². The number of piperidine rings is 1. The molecule has 2 heterocycles. The van der Waals surface area contributed by atoms with Crippen LogP contribution in [0.3, 0.4) is 0 Å². The molecular weight excluding hydrogens is 342 g/mol. The lowest BCUT2D eigenvalue weighted by Crippen LogP contribution is -2.54. The zero-order valence-corrected chi connectivity index (χ0v) is 15.1. The summed E-state index contributed by atoms with van der Waals surface area (Å²) in [4.78, 5) is 39.3. The van der Waals surface area contributed by atoms with Crippen LogP contribution in [0, 0.1) is 6.92 Å². The second-order valence-corrected chi connectivity index (χ2v) is 7.23. The number of nitrogens with zero attached hydrogens (tertiary/aromatic N) is 1. The van der Waals surface area contributed by atoms with Crippen molar-refractivity contribution in [2.24, 2.45) is 0 Å². The summed E-state index contributed by atoms with van der Waals surface area (Å²) in [6.45, 7) is 2.64. The Kier molecular flexibility index (Phi) is 4.18. The Morgan fingerprint density at radius 3 is 2.63 bits per heavy atom. The van der Waals surface area contributed by atoms with Gasteiger partial charge in [-0.3, -0.25) is 14.4 Å². The molecule has 0 bridgehead atoms. The molecule has 1 saturated heterocycles. The predicted molar refractivity (Wildman–Crippen MR) is 102 cm³/mol. The van der Waals surface area contributed by atoms with Crippen molar-refractivity contribution in [2.45, 2.75) is 25.2 Å². The molecule has 4 rings (SSSR count). The van der Waals surface area contributed by atoms with Gasteiger partial charge in [-0.25, -0.2) is 0 Å². The van der Waals surface area contributed by atoms with Gasteiger partial charge in [-0.1, -0.05) is 35.9 Å². The minimum absolute atomic E-state index is 0.0971. The Bertz CT molecular complexity index is 923. The lowest BCUT2D eigenvalue weighted by Gasteiger charge is -2.38. The van der Waals surface area contributed by atoms with Gasteiger partial charge in [-0.2, -0.15) is 0 Å². The quantitative estimate of drug-likeness (QED) is 0.764. The molecule has 2 aromatic rings. The van der Waals surface area contributed by atoms with Gasteiger partial charge in [0.25, 0.3) is 0 Å². The minimum atomic E-state index is -0.769. The smallest absolute Gasteiger partial charge is 0.313 e. The number of benzene rings is 2. The van der Waals surface area contributed by atoms with Gasteiger partial charge in [-0.15, -0.1) is 0 Å². The molecule has 6 nitrogen and oxygen atoms in total. The van der Waals surface area contributed by atoms with E-state index >= 15 is 0 Å². The van der Waals surface area contributed by atoms with E-state index < -0.39 is 17.2 Å². The highest BCUT2D eigenvalue weighted by molar-refractivity contribution is 6.39. The monoisotopic (exact) mass is 363 g/mol. The molecule has 2 aliphatic rings. The van der Waals surface area contributed by atoms with E-state index in [4.69, 9.17) is 0 Å². The Balaban J connectivity index is 1.53. The number of amides is 3. The van der Waals surface area contributed by atoms with E-state index in [1.807, 2.05) is 43.3 Å². The Hall–Kier alpha value is -3.15. The van der Waals surface area contributed by atoms with Crippen LogP contribution < -0.4 is 10.6 Å². The molecule has 0 radical (unpaired) electrons. The molecular formula is C21H21N3O3. The normalized spacial score (nSPS) is 20.9. The molecule has 138 valence electrons. The SMILES string of the molecule is Cc1ccc(NC(=O)C(=O)N2CCC[C@]3(C2)C(=O)Nc2ccccc23)cc1. The fourth-order valence-electron chi connectivity index (χ4n) is 3.97. The van der Waals surface area contributed by atoms with Gasteiger partial charge in [0, 0.05) is 24.5 Å². The van der Waals surface area contributed by atoms with Crippen molar-refractivity contribution in [3.63, 3.8) is 0 Å². The van der Waals surface area contributed by atoms with E-state index in [1.54, 1.807) is 12.1 Å². The van der Waals surface area contributed by atoms with Crippen molar-refractivity contribution in [1.29, 1.82) is 0 Å². The van der Waals surface area contributed by atoms with Crippen molar-refractivity contribution in [1.82, 2.24) is 4.90 Å². The van der Waals surface area contributed by atoms with Gasteiger partial charge in [0.05, 0.1) is 5.41 Å². The molecule has 6 heteroatoms. The van der Waals surface area contributed by atoms with E-state index in [0.717, 1.165) is 16.8 Å². The fourth-order valence-corrected chi connectivity index (χ4v) is 3.97. The number of anilines is 2. The molecule has 2 aromatic carbocycles. The molecule has 2 aliphatic heterocycles. The van der Waals surface area contributed by atoms with Gasteiger partial charge < -0.3 is 15.5 Å². The fraction of sp³-hybridized carbons (Fsp3) is 0.286. The summed E-state index contributed by atoms with van der Waals surface area (Å²) in [5, 5.41) is 5.56. The van der Waals surface area contributed by atoms with Crippen molar-refractivity contribution in [2.75, 3.05) is 23.7 Å². The average molecular weight is 363 g/mol. The van der Waals surface area contributed by atoms with E-state index in [2.05, 4.69) is 10.6 Å². The van der Waals surface area contributed by atoms with E-state index in [9.17, 15) is 14.4 Å². The maximum Gasteiger partial charge on any atom is 0.313 e. The summed E-state index contributed by atoms with van der Waals surface area (Å²) in [7, 11) is 0. The van der Waals surface area contributed by atoms with E-state index in [0.29, 0.717) is 25.1 Å². The minimum Gasteiger partial charge on any atom is -0.333 e. The number of likely N-dealkylation sites (tertiary alicyclic amines) is 1. The van der Waals surface area contributed by atoms with E-state index in [-0.39, 0.29) is 12.5 Å². The second-order valence-electron chi connectivity index (χ2n) is 7.23. The first-order chi connectivity index (χ1) is 13.0. The Morgan fingerprint density at radius 2 is 1.85 bits per heavy atom. The zero-order valence-electron chi connectivity index (χ0n) is 15.1. The molecule has 1 spiro atoms. The number of hydrogen-bond acceptors (Lipinski definition) is 3. The van der Waals surface area contributed by atoms with Gasteiger partial charge >= 0.3 is 11.8 Å². The maximum absolute atomic E-state index is 12.7. The van der Waals surface area contributed by atoms with Crippen LogP contribution in [-0.2, 0) is 19.8 Å². The molecule has 2 N–H and O–H groups in total. The third-order valence-electron chi connectivity index (χ3n) is 5.41. The molecule has 1 atom stereocenters. The standard InChI is InChI=1S/C21H21N3O3/c1-14-7-9-15(10-8-14)22-18(25)19(26)24-12-4-11-21(13-24)16-5-2-3-6-17(16)23-20(21)27/h2-3,5-10H,4,11-13H2,1H3,(H,22,25)(H,23,27)/t21-/m1/s1. The first-order valence-electron chi connectivity index (χ1n) is 9.07. The van der Waals surface area contributed by atoms with Crippen LogP contribution in [0.15, 0.2) is 48.5 Å². The van der Waals surface area contributed by atoms with Gasteiger partial charge in [0.15, 0.2) is 0 Å². The van der Waals surface area contributed by atoms with Gasteiger partial charge in [-0.05, 0) is 43.5 Å². The van der Waals surface area contributed by atoms with Crippen molar-refractivity contribution in [3.05, 3.63) is 59.7 Å². The molecule has 0 aromatic heterocycles. The van der Waals surface area contributed by atoms with Crippen LogP contribution in [0.1, 0.15) is 24.0 Å². The molecule has 0 saturated carbocycles. The average Bonchev–Trinajstić information content (AvgIpc) is 2.94. The summed E-state index contributed by atoms with van der Waals surface area (Å²) < 4.78 is 0. The number of rotatable bonds is 1. The van der Waals surface area contributed by atoms with Crippen molar-refractivity contribution in [3.8, 4) is 0 Å². The highest BCUT2D eigenvalue weighted by atomic mass is 16.2. The lowest BCUT2D eigenvalue weighted by atomic mass is 9.75.